The van der Waals surface area contributed by atoms with E-state index in [0.29, 0.717) is 17.9 Å². The van der Waals surface area contributed by atoms with E-state index >= 15 is 0 Å². The second-order valence-corrected chi connectivity index (χ2v) is 8.91. The molecule has 0 radical (unpaired) electrons. The van der Waals surface area contributed by atoms with Gasteiger partial charge in [-0.2, -0.15) is 0 Å². The highest BCUT2D eigenvalue weighted by Crippen LogP contribution is 2.27. The van der Waals surface area contributed by atoms with Crippen LogP contribution in [0.4, 0.5) is 0 Å². The molecule has 176 valence electrons. The zero-order valence-electron chi connectivity index (χ0n) is 20.4. The van der Waals surface area contributed by atoms with Gasteiger partial charge in [0.15, 0.2) is 12.4 Å². The van der Waals surface area contributed by atoms with Gasteiger partial charge >= 0.3 is 5.97 Å². The van der Waals surface area contributed by atoms with Gasteiger partial charge in [0.2, 0.25) is 0 Å². The molecule has 0 unspecified atom stereocenters. The quantitative estimate of drug-likeness (QED) is 0.188. The zero-order chi connectivity index (χ0) is 24.4. The summed E-state index contributed by atoms with van der Waals surface area (Å²) < 4.78 is 16.3. The van der Waals surface area contributed by atoms with E-state index < -0.39 is 5.97 Å². The molecule has 2 rings (SSSR count). The van der Waals surface area contributed by atoms with Gasteiger partial charge < -0.3 is 14.2 Å². The highest BCUT2D eigenvalue weighted by atomic mass is 16.6. The minimum atomic E-state index is -0.499. The van der Waals surface area contributed by atoms with Crippen molar-refractivity contribution in [2.45, 2.75) is 47.0 Å². The fourth-order valence-corrected chi connectivity index (χ4v) is 2.92. The van der Waals surface area contributed by atoms with Crippen molar-refractivity contribution in [3.05, 3.63) is 76.9 Å². The third-order valence-electron chi connectivity index (χ3n) is 4.81. The molecule has 5 heteroatoms. The smallest absolute Gasteiger partial charge is 0.344 e. The lowest BCUT2D eigenvalue weighted by Gasteiger charge is -2.18. The second-order valence-electron chi connectivity index (χ2n) is 8.91. The van der Waals surface area contributed by atoms with Gasteiger partial charge in [-0.15, -0.1) is 0 Å². The van der Waals surface area contributed by atoms with Gasteiger partial charge in [0.1, 0.15) is 18.1 Å². The summed E-state index contributed by atoms with van der Waals surface area (Å²) in [6, 6.07) is 13.1. The third kappa shape index (κ3) is 8.60. The van der Waals surface area contributed by atoms with Gasteiger partial charge in [-0.1, -0.05) is 56.7 Å². The number of rotatable bonds is 10. The van der Waals surface area contributed by atoms with E-state index in [4.69, 9.17) is 14.2 Å². The van der Waals surface area contributed by atoms with Crippen LogP contribution in [0.3, 0.4) is 0 Å². The third-order valence-corrected chi connectivity index (χ3v) is 4.81. The number of ketones is 1. The highest BCUT2D eigenvalue weighted by molar-refractivity contribution is 6.08. The first kappa shape index (κ1) is 25.9. The molecule has 33 heavy (non-hydrogen) atoms. The molecule has 0 spiro atoms. The highest BCUT2D eigenvalue weighted by Gasteiger charge is 2.15. The van der Waals surface area contributed by atoms with Gasteiger partial charge in [-0.25, -0.2) is 4.79 Å². The van der Waals surface area contributed by atoms with Crippen molar-refractivity contribution in [1.29, 1.82) is 0 Å². The Morgan fingerprint density at radius 3 is 2.27 bits per heavy atom. The Hall–Kier alpha value is -3.34. The van der Waals surface area contributed by atoms with Crippen LogP contribution < -0.4 is 9.47 Å². The first-order chi connectivity index (χ1) is 15.6. The average Bonchev–Trinajstić information content (AvgIpc) is 2.76. The molecular formula is C28H34O5. The van der Waals surface area contributed by atoms with Crippen LogP contribution in [-0.2, 0) is 14.9 Å². The lowest BCUT2D eigenvalue weighted by atomic mass is 9.87. The Kier molecular flexibility index (Phi) is 9.46. The number of hydrogen-bond acceptors (Lipinski definition) is 5. The van der Waals surface area contributed by atoms with E-state index in [1.54, 1.807) is 31.2 Å². The molecule has 0 saturated heterocycles. The van der Waals surface area contributed by atoms with Crippen molar-refractivity contribution in [3.63, 3.8) is 0 Å². The summed E-state index contributed by atoms with van der Waals surface area (Å²) in [7, 11) is 0. The molecule has 0 N–H and O–H groups in total. The molecule has 0 aliphatic rings. The van der Waals surface area contributed by atoms with Crippen molar-refractivity contribution in [3.8, 4) is 11.5 Å². The Morgan fingerprint density at radius 1 is 0.970 bits per heavy atom. The Labute approximate surface area is 197 Å². The number of allylic oxidation sites excluding steroid dienone is 2. The van der Waals surface area contributed by atoms with Gasteiger partial charge in [0.25, 0.3) is 0 Å². The van der Waals surface area contributed by atoms with Gasteiger partial charge in [0, 0.05) is 6.07 Å². The monoisotopic (exact) mass is 450 g/mol. The van der Waals surface area contributed by atoms with Crippen LogP contribution in [0.5, 0.6) is 11.5 Å². The summed E-state index contributed by atoms with van der Waals surface area (Å²) in [5.41, 5.74) is 3.70. The maximum Gasteiger partial charge on any atom is 0.344 e. The number of hydrogen-bond donors (Lipinski definition) is 0. The standard InChI is InChI=1S/C28H34O5/c1-7-31-27(30)19-33-26-18-23(32-17-16-20(2)3)13-14-24(26)25(29)15-10-21-8-11-22(12-9-21)28(4,5)6/h8-16,18H,7,17,19H2,1-6H3/b15-10+. The predicted molar refractivity (Wildman–Crippen MR) is 132 cm³/mol. The summed E-state index contributed by atoms with van der Waals surface area (Å²) in [6.07, 6.45) is 5.22. The van der Waals surface area contributed by atoms with E-state index in [1.807, 2.05) is 32.1 Å². The summed E-state index contributed by atoms with van der Waals surface area (Å²) >= 11 is 0. The number of carbonyl (C=O) groups is 2. The second kappa shape index (κ2) is 12.0. The molecule has 2 aromatic carbocycles. The average molecular weight is 451 g/mol. The molecule has 2 aromatic rings. The molecule has 0 heterocycles. The van der Waals surface area contributed by atoms with Crippen molar-refractivity contribution in [1.82, 2.24) is 0 Å². The van der Waals surface area contributed by atoms with Crippen molar-refractivity contribution >= 4 is 17.8 Å². The van der Waals surface area contributed by atoms with Crippen LogP contribution in [0.25, 0.3) is 6.08 Å². The lowest BCUT2D eigenvalue weighted by Crippen LogP contribution is -2.16. The van der Waals surface area contributed by atoms with Crippen molar-refractivity contribution in [2.24, 2.45) is 0 Å². The summed E-state index contributed by atoms with van der Waals surface area (Å²) in [6.45, 7) is 12.6. The predicted octanol–water partition coefficient (Wildman–Crippen LogP) is 6.17. The summed E-state index contributed by atoms with van der Waals surface area (Å²) in [5, 5.41) is 0. The molecule has 0 aromatic heterocycles. The van der Waals surface area contributed by atoms with Gasteiger partial charge in [-0.05, 0) is 61.6 Å². The molecule has 0 aliphatic heterocycles. The topological polar surface area (TPSA) is 61.8 Å². The maximum absolute atomic E-state index is 12.9. The molecule has 0 amide bonds. The summed E-state index contributed by atoms with van der Waals surface area (Å²) in [4.78, 5) is 24.7. The SMILES string of the molecule is CCOC(=O)COc1cc(OCC=C(C)C)ccc1C(=O)/C=C/c1ccc(C(C)(C)C)cc1. The number of benzene rings is 2. The van der Waals surface area contributed by atoms with Crippen LogP contribution >= 0.6 is 0 Å². The normalized spacial score (nSPS) is 11.2. The van der Waals surface area contributed by atoms with E-state index in [1.165, 1.54) is 11.6 Å². The van der Waals surface area contributed by atoms with E-state index in [2.05, 4.69) is 32.9 Å². The Bertz CT molecular complexity index is 1000. The van der Waals surface area contributed by atoms with Gasteiger partial charge in [0.05, 0.1) is 12.2 Å². The van der Waals surface area contributed by atoms with Gasteiger partial charge in [-0.3, -0.25) is 4.79 Å². The maximum atomic E-state index is 12.9. The molecular weight excluding hydrogens is 416 g/mol. The summed E-state index contributed by atoms with van der Waals surface area (Å²) in [5.74, 6) is 0.0889. The van der Waals surface area contributed by atoms with E-state index in [9.17, 15) is 9.59 Å². The van der Waals surface area contributed by atoms with Crippen molar-refractivity contribution < 1.29 is 23.8 Å². The van der Waals surface area contributed by atoms with Crippen LogP contribution in [0.15, 0.2) is 60.2 Å². The Morgan fingerprint density at radius 2 is 1.67 bits per heavy atom. The zero-order valence-corrected chi connectivity index (χ0v) is 20.4. The van der Waals surface area contributed by atoms with Crippen LogP contribution in [-0.4, -0.2) is 31.6 Å². The lowest BCUT2D eigenvalue weighted by molar-refractivity contribution is -0.145. The molecule has 5 nitrogen and oxygen atoms in total. The molecule has 0 saturated carbocycles. The number of esters is 1. The fourth-order valence-electron chi connectivity index (χ4n) is 2.92. The number of ether oxygens (including phenoxy) is 3. The largest absolute Gasteiger partial charge is 0.489 e. The molecule has 0 atom stereocenters. The van der Waals surface area contributed by atoms with Crippen LogP contribution in [0.2, 0.25) is 0 Å². The minimum absolute atomic E-state index is 0.0681. The minimum Gasteiger partial charge on any atom is -0.489 e. The Balaban J connectivity index is 2.22. The number of carbonyl (C=O) groups excluding carboxylic acids is 2. The van der Waals surface area contributed by atoms with Crippen molar-refractivity contribution in [2.75, 3.05) is 19.8 Å². The van der Waals surface area contributed by atoms with Crippen LogP contribution in [0, 0.1) is 0 Å². The molecule has 0 fully saturated rings. The van der Waals surface area contributed by atoms with Crippen LogP contribution in [0.1, 0.15) is 63.0 Å². The molecule has 0 aliphatic carbocycles. The van der Waals surface area contributed by atoms with E-state index in [0.717, 1.165) is 11.1 Å². The van der Waals surface area contributed by atoms with E-state index in [-0.39, 0.29) is 30.2 Å². The first-order valence-electron chi connectivity index (χ1n) is 11.1. The first-order valence-corrected chi connectivity index (χ1v) is 11.1. The molecule has 0 bridgehead atoms. The fraction of sp³-hybridized carbons (Fsp3) is 0.357.